The molecule has 0 N–H and O–H groups in total. The number of carbonyl (C=O) groups is 2. The SMILES string of the molecule is O=C(c1ccccc1)N1C(=O)N(Cc2ccccc2)C[C@@H]2CCC[C@@H]21. The molecule has 2 aliphatic rings. The lowest BCUT2D eigenvalue weighted by molar-refractivity contribution is 0.0487. The first-order chi connectivity index (χ1) is 12.2. The average molecular weight is 334 g/mol. The monoisotopic (exact) mass is 334 g/mol. The summed E-state index contributed by atoms with van der Waals surface area (Å²) in [5.41, 5.74) is 1.68. The molecule has 2 atom stereocenters. The van der Waals surface area contributed by atoms with E-state index in [0.717, 1.165) is 31.4 Å². The van der Waals surface area contributed by atoms with E-state index in [1.165, 1.54) is 4.90 Å². The van der Waals surface area contributed by atoms with Crippen molar-refractivity contribution >= 4 is 11.9 Å². The minimum Gasteiger partial charge on any atom is -0.320 e. The quantitative estimate of drug-likeness (QED) is 0.853. The number of nitrogens with zero attached hydrogens (tertiary/aromatic N) is 2. The third-order valence-electron chi connectivity index (χ3n) is 5.34. The lowest BCUT2D eigenvalue weighted by Gasteiger charge is -2.42. The van der Waals surface area contributed by atoms with Crippen LogP contribution in [0, 0.1) is 5.92 Å². The van der Waals surface area contributed by atoms with E-state index in [4.69, 9.17) is 0 Å². The van der Waals surface area contributed by atoms with Crippen LogP contribution in [0.15, 0.2) is 60.7 Å². The van der Waals surface area contributed by atoms with Gasteiger partial charge in [-0.25, -0.2) is 4.79 Å². The molecule has 2 aromatic rings. The number of carbonyl (C=O) groups excluding carboxylic acids is 2. The predicted octanol–water partition coefficient (Wildman–Crippen LogP) is 3.93. The fourth-order valence-corrected chi connectivity index (χ4v) is 4.12. The van der Waals surface area contributed by atoms with Crippen LogP contribution in [0.4, 0.5) is 4.79 Å². The second kappa shape index (κ2) is 6.71. The topological polar surface area (TPSA) is 40.6 Å². The highest BCUT2D eigenvalue weighted by molar-refractivity contribution is 6.04. The van der Waals surface area contributed by atoms with Crippen molar-refractivity contribution in [3.05, 3.63) is 71.8 Å². The van der Waals surface area contributed by atoms with Crippen molar-refractivity contribution < 1.29 is 9.59 Å². The molecule has 1 aliphatic carbocycles. The van der Waals surface area contributed by atoms with E-state index in [9.17, 15) is 9.59 Å². The number of rotatable bonds is 3. The summed E-state index contributed by atoms with van der Waals surface area (Å²) < 4.78 is 0. The lowest BCUT2D eigenvalue weighted by Crippen LogP contribution is -2.58. The van der Waals surface area contributed by atoms with E-state index in [0.29, 0.717) is 18.0 Å². The maximum atomic E-state index is 13.1. The van der Waals surface area contributed by atoms with E-state index in [1.54, 1.807) is 12.1 Å². The zero-order chi connectivity index (χ0) is 17.2. The van der Waals surface area contributed by atoms with Gasteiger partial charge in [0.05, 0.1) is 0 Å². The highest BCUT2D eigenvalue weighted by Crippen LogP contribution is 2.36. The molecule has 0 bridgehead atoms. The maximum absolute atomic E-state index is 13.1. The highest BCUT2D eigenvalue weighted by atomic mass is 16.2. The van der Waals surface area contributed by atoms with Gasteiger partial charge in [0.1, 0.15) is 0 Å². The molecule has 128 valence electrons. The minimum atomic E-state index is -0.166. The summed E-state index contributed by atoms with van der Waals surface area (Å²) in [5, 5.41) is 0. The molecule has 1 heterocycles. The fourth-order valence-electron chi connectivity index (χ4n) is 4.12. The van der Waals surface area contributed by atoms with Crippen LogP contribution in [0.5, 0.6) is 0 Å². The summed E-state index contributed by atoms with van der Waals surface area (Å²) in [5.74, 6) is 0.217. The Morgan fingerprint density at radius 1 is 0.960 bits per heavy atom. The molecule has 1 aliphatic heterocycles. The molecule has 1 saturated carbocycles. The Bertz CT molecular complexity index is 760. The largest absolute Gasteiger partial charge is 0.327 e. The van der Waals surface area contributed by atoms with Crippen LogP contribution >= 0.6 is 0 Å². The summed E-state index contributed by atoms with van der Waals surface area (Å²) in [6.07, 6.45) is 3.09. The Balaban J connectivity index is 1.62. The average Bonchev–Trinajstić information content (AvgIpc) is 3.11. The van der Waals surface area contributed by atoms with Gasteiger partial charge in [-0.3, -0.25) is 9.69 Å². The third-order valence-corrected chi connectivity index (χ3v) is 5.34. The van der Waals surface area contributed by atoms with Gasteiger partial charge in [-0.1, -0.05) is 55.0 Å². The highest BCUT2D eigenvalue weighted by Gasteiger charge is 2.45. The van der Waals surface area contributed by atoms with Crippen LogP contribution < -0.4 is 0 Å². The van der Waals surface area contributed by atoms with Gasteiger partial charge in [0, 0.05) is 24.7 Å². The number of fused-ring (bicyclic) bond motifs is 1. The number of hydrogen-bond donors (Lipinski definition) is 0. The molecular weight excluding hydrogens is 312 g/mol. The zero-order valence-electron chi connectivity index (χ0n) is 14.2. The van der Waals surface area contributed by atoms with Gasteiger partial charge in [0.25, 0.3) is 5.91 Å². The molecule has 25 heavy (non-hydrogen) atoms. The Morgan fingerprint density at radius 3 is 2.36 bits per heavy atom. The second-order valence-corrected chi connectivity index (χ2v) is 6.95. The van der Waals surface area contributed by atoms with Crippen molar-refractivity contribution in [2.75, 3.05) is 6.54 Å². The molecule has 4 rings (SSSR count). The van der Waals surface area contributed by atoms with Crippen molar-refractivity contribution in [2.45, 2.75) is 31.8 Å². The van der Waals surface area contributed by atoms with Crippen LogP contribution in [-0.4, -0.2) is 34.3 Å². The summed E-state index contributed by atoms with van der Waals surface area (Å²) in [6.45, 7) is 1.30. The Labute approximate surface area is 148 Å². The van der Waals surface area contributed by atoms with Crippen molar-refractivity contribution in [3.63, 3.8) is 0 Å². The van der Waals surface area contributed by atoms with Gasteiger partial charge in [0.15, 0.2) is 0 Å². The van der Waals surface area contributed by atoms with Gasteiger partial charge in [-0.2, -0.15) is 0 Å². The second-order valence-electron chi connectivity index (χ2n) is 6.95. The number of amides is 3. The first-order valence-corrected chi connectivity index (χ1v) is 8.95. The molecule has 1 saturated heterocycles. The number of benzene rings is 2. The molecule has 0 aromatic heterocycles. The van der Waals surface area contributed by atoms with Gasteiger partial charge in [-0.05, 0) is 36.5 Å². The normalized spacial score (nSPS) is 22.8. The van der Waals surface area contributed by atoms with E-state index in [1.807, 2.05) is 53.4 Å². The van der Waals surface area contributed by atoms with E-state index in [2.05, 4.69) is 0 Å². The number of hydrogen-bond acceptors (Lipinski definition) is 2. The zero-order valence-corrected chi connectivity index (χ0v) is 14.2. The van der Waals surface area contributed by atoms with E-state index >= 15 is 0 Å². The third kappa shape index (κ3) is 3.04. The summed E-state index contributed by atoms with van der Waals surface area (Å²) in [4.78, 5) is 29.5. The first-order valence-electron chi connectivity index (χ1n) is 8.95. The summed E-state index contributed by atoms with van der Waals surface area (Å²) in [6, 6.07) is 19.0. The van der Waals surface area contributed by atoms with Gasteiger partial charge >= 0.3 is 6.03 Å². The van der Waals surface area contributed by atoms with Gasteiger partial charge in [-0.15, -0.1) is 0 Å². The van der Waals surface area contributed by atoms with Crippen LogP contribution in [0.2, 0.25) is 0 Å². The van der Waals surface area contributed by atoms with Crippen LogP contribution in [-0.2, 0) is 6.54 Å². The summed E-state index contributed by atoms with van der Waals surface area (Å²) in [7, 11) is 0. The molecule has 0 unspecified atom stereocenters. The predicted molar refractivity (Wildman–Crippen MR) is 96.0 cm³/mol. The Kier molecular flexibility index (Phi) is 4.26. The fraction of sp³-hybridized carbons (Fsp3) is 0.333. The Hall–Kier alpha value is -2.62. The first kappa shape index (κ1) is 15.9. The lowest BCUT2D eigenvalue weighted by atomic mass is 9.97. The van der Waals surface area contributed by atoms with Crippen molar-refractivity contribution in [1.82, 2.24) is 9.80 Å². The number of imide groups is 1. The van der Waals surface area contributed by atoms with Gasteiger partial charge < -0.3 is 4.90 Å². The molecule has 0 spiro atoms. The van der Waals surface area contributed by atoms with Crippen molar-refractivity contribution in [2.24, 2.45) is 5.92 Å². The molecule has 4 nitrogen and oxygen atoms in total. The molecular formula is C21H22N2O2. The Morgan fingerprint density at radius 2 is 1.64 bits per heavy atom. The summed E-state index contributed by atoms with van der Waals surface area (Å²) >= 11 is 0. The molecule has 4 heteroatoms. The van der Waals surface area contributed by atoms with E-state index < -0.39 is 0 Å². The van der Waals surface area contributed by atoms with Crippen molar-refractivity contribution in [1.29, 1.82) is 0 Å². The van der Waals surface area contributed by atoms with Crippen LogP contribution in [0.3, 0.4) is 0 Å². The molecule has 0 radical (unpaired) electrons. The standard InChI is InChI=1S/C21H22N2O2/c24-20(17-10-5-2-6-11-17)23-19-13-7-12-18(19)15-22(21(23)25)14-16-8-3-1-4-9-16/h1-6,8-11,18-19H,7,12-15H2/t18-,19-/m0/s1. The van der Waals surface area contributed by atoms with Crippen LogP contribution in [0.25, 0.3) is 0 Å². The van der Waals surface area contributed by atoms with Gasteiger partial charge in [0.2, 0.25) is 0 Å². The molecule has 2 fully saturated rings. The molecule has 3 amide bonds. The van der Waals surface area contributed by atoms with Crippen LogP contribution in [0.1, 0.15) is 35.2 Å². The smallest absolute Gasteiger partial charge is 0.320 e. The number of urea groups is 1. The minimum absolute atomic E-state index is 0.0484. The van der Waals surface area contributed by atoms with E-state index in [-0.39, 0.29) is 18.0 Å². The maximum Gasteiger partial charge on any atom is 0.327 e. The van der Waals surface area contributed by atoms with Crippen molar-refractivity contribution in [3.8, 4) is 0 Å². The molecule has 2 aromatic carbocycles.